The van der Waals surface area contributed by atoms with Crippen LogP contribution in [0, 0.1) is 0 Å². The van der Waals surface area contributed by atoms with Gasteiger partial charge < -0.3 is 4.52 Å². The topological polar surface area (TPSA) is 80.9 Å². The van der Waals surface area contributed by atoms with Gasteiger partial charge in [0.25, 0.3) is 0 Å². The number of hydrogen-bond donors (Lipinski definition) is 2. The summed E-state index contributed by atoms with van der Waals surface area (Å²) in [5, 5.41) is 4.24. The summed E-state index contributed by atoms with van der Waals surface area (Å²) in [6.45, 7) is 0. The molecule has 0 amide bonds. The highest BCUT2D eigenvalue weighted by molar-refractivity contribution is 9.10. The van der Waals surface area contributed by atoms with Crippen LogP contribution in [-0.4, -0.2) is 9.79 Å². The van der Waals surface area contributed by atoms with Crippen molar-refractivity contribution in [1.29, 1.82) is 0 Å². The zero-order valence-electron chi connectivity index (χ0n) is 7.59. The Labute approximate surface area is 104 Å². The van der Waals surface area contributed by atoms with E-state index in [-0.39, 0.29) is 5.76 Å². The minimum Gasteiger partial charge on any atom is -0.402 e. The molecule has 1 radical (unpaired) electrons. The first-order valence-corrected chi connectivity index (χ1v) is 6.73. The van der Waals surface area contributed by atoms with Gasteiger partial charge >= 0.3 is 7.82 Å². The Morgan fingerprint density at radius 2 is 2.12 bits per heavy atom. The maximum Gasteiger partial charge on any atom is 0.524 e. The van der Waals surface area contributed by atoms with Crippen molar-refractivity contribution in [2.24, 2.45) is 0 Å². The third-order valence-electron chi connectivity index (χ3n) is 1.86. The van der Waals surface area contributed by atoms with Gasteiger partial charge in [-0.15, -0.1) is 0 Å². The van der Waals surface area contributed by atoms with Gasteiger partial charge in [-0.05, 0) is 28.1 Å². The van der Waals surface area contributed by atoms with Crippen molar-refractivity contribution < 1.29 is 18.9 Å². The molecule has 0 aromatic heterocycles. The first kappa shape index (κ1) is 12.0. The van der Waals surface area contributed by atoms with E-state index in [0.717, 1.165) is 0 Å². The van der Waals surface area contributed by atoms with Crippen LogP contribution in [0.4, 0.5) is 5.69 Å². The van der Waals surface area contributed by atoms with E-state index in [1.807, 2.05) is 0 Å². The number of halogens is 2. The predicted octanol–water partition coefficient (Wildman–Crippen LogP) is 2.76. The number of benzene rings is 1. The smallest absolute Gasteiger partial charge is 0.402 e. The van der Waals surface area contributed by atoms with Crippen LogP contribution in [-0.2, 0) is 9.09 Å². The fourth-order valence-electron chi connectivity index (χ4n) is 1.27. The highest BCUT2D eigenvalue weighted by atomic mass is 79.9. The second-order valence-electron chi connectivity index (χ2n) is 2.96. The number of nitrogens with zero attached hydrogens (tertiary/aromatic N) is 1. The van der Waals surface area contributed by atoms with Gasteiger partial charge in [-0.2, -0.15) is 0 Å². The summed E-state index contributed by atoms with van der Waals surface area (Å²) in [6.07, 6.45) is 1.22. The van der Waals surface area contributed by atoms with E-state index < -0.39 is 7.82 Å². The first-order valence-electron chi connectivity index (χ1n) is 4.03. The standard InChI is InChI=1S/C8H5BrClNO4P/c9-4-1-2-5-7(8(4)10)6(3-11-5)15-16(12,13)14/h1-3H,(H2,12,13,14). The molecule has 0 unspecified atom stereocenters. The van der Waals surface area contributed by atoms with Gasteiger partial charge in [0.1, 0.15) is 0 Å². The molecule has 0 atom stereocenters. The Kier molecular flexibility index (Phi) is 3.03. The molecule has 1 aliphatic rings. The quantitative estimate of drug-likeness (QED) is 0.819. The molecule has 1 aromatic rings. The summed E-state index contributed by atoms with van der Waals surface area (Å²) in [6, 6.07) is 3.36. The molecular formula is C8H5BrClNO4P. The Balaban J connectivity index is 2.45. The summed E-state index contributed by atoms with van der Waals surface area (Å²) in [5.74, 6) is -0.0327. The number of hydrogen-bond acceptors (Lipinski definition) is 2. The zero-order chi connectivity index (χ0) is 11.9. The van der Waals surface area contributed by atoms with E-state index in [1.165, 1.54) is 6.20 Å². The SMILES string of the molecule is O=P(O)(O)OC1=C[N]c2ccc(Br)c(Cl)c21. The molecule has 2 rings (SSSR count). The molecule has 0 saturated carbocycles. The molecule has 85 valence electrons. The van der Waals surface area contributed by atoms with E-state index in [4.69, 9.17) is 21.4 Å². The van der Waals surface area contributed by atoms with Gasteiger partial charge in [0.15, 0.2) is 5.76 Å². The average molecular weight is 325 g/mol. The van der Waals surface area contributed by atoms with E-state index in [2.05, 4.69) is 25.8 Å². The largest absolute Gasteiger partial charge is 0.524 e. The van der Waals surface area contributed by atoms with Crippen LogP contribution < -0.4 is 5.32 Å². The summed E-state index contributed by atoms with van der Waals surface area (Å²) in [7, 11) is -4.61. The average Bonchev–Trinajstić information content (AvgIpc) is 2.53. The van der Waals surface area contributed by atoms with Crippen molar-refractivity contribution in [3.05, 3.63) is 33.4 Å². The van der Waals surface area contributed by atoms with Gasteiger partial charge in [0.2, 0.25) is 0 Å². The third kappa shape index (κ3) is 2.26. The van der Waals surface area contributed by atoms with E-state index in [1.54, 1.807) is 12.1 Å². The van der Waals surface area contributed by atoms with E-state index >= 15 is 0 Å². The van der Waals surface area contributed by atoms with Crippen LogP contribution in [0.1, 0.15) is 5.56 Å². The third-order valence-corrected chi connectivity index (χ3v) is 3.57. The second-order valence-corrected chi connectivity index (χ2v) is 5.36. The van der Waals surface area contributed by atoms with Gasteiger partial charge in [0, 0.05) is 4.47 Å². The summed E-state index contributed by atoms with van der Waals surface area (Å²) in [4.78, 5) is 17.4. The fourth-order valence-corrected chi connectivity index (χ4v) is 2.25. The lowest BCUT2D eigenvalue weighted by Gasteiger charge is -2.10. The van der Waals surface area contributed by atoms with E-state index in [0.29, 0.717) is 20.7 Å². The maximum atomic E-state index is 10.7. The highest BCUT2D eigenvalue weighted by Crippen LogP contribution is 2.48. The van der Waals surface area contributed by atoms with Crippen molar-refractivity contribution in [3.8, 4) is 0 Å². The molecular weight excluding hydrogens is 320 g/mol. The maximum absolute atomic E-state index is 10.7. The molecule has 2 N–H and O–H groups in total. The van der Waals surface area contributed by atoms with Crippen molar-refractivity contribution in [1.82, 2.24) is 5.32 Å². The lowest BCUT2D eigenvalue weighted by Crippen LogP contribution is -1.89. The molecule has 0 spiro atoms. The minimum atomic E-state index is -4.61. The molecule has 1 aliphatic heterocycles. The molecule has 5 nitrogen and oxygen atoms in total. The second kappa shape index (κ2) is 4.05. The Hall–Kier alpha value is -0.520. The van der Waals surface area contributed by atoms with Gasteiger partial charge in [-0.3, -0.25) is 15.1 Å². The molecule has 1 aromatic carbocycles. The zero-order valence-corrected chi connectivity index (χ0v) is 10.8. The van der Waals surface area contributed by atoms with Crippen LogP contribution in [0.25, 0.3) is 5.76 Å². The van der Waals surface area contributed by atoms with Crippen LogP contribution in [0.3, 0.4) is 0 Å². The number of fused-ring (bicyclic) bond motifs is 1. The molecule has 8 heteroatoms. The molecule has 0 fully saturated rings. The van der Waals surface area contributed by atoms with Crippen LogP contribution in [0.15, 0.2) is 22.8 Å². The van der Waals surface area contributed by atoms with Crippen LogP contribution in [0.5, 0.6) is 0 Å². The molecule has 1 heterocycles. The summed E-state index contributed by atoms with van der Waals surface area (Å²) in [5.41, 5.74) is 0.885. The molecule has 0 bridgehead atoms. The Bertz CT molecular complexity index is 527. The van der Waals surface area contributed by atoms with E-state index in [9.17, 15) is 4.57 Å². The summed E-state index contributed by atoms with van der Waals surface area (Å²) < 4.78 is 15.8. The van der Waals surface area contributed by atoms with Crippen molar-refractivity contribution in [3.63, 3.8) is 0 Å². The monoisotopic (exact) mass is 324 g/mol. The van der Waals surface area contributed by atoms with Crippen molar-refractivity contribution >= 4 is 46.8 Å². The van der Waals surface area contributed by atoms with Gasteiger partial charge in [0.05, 0.1) is 22.5 Å². The molecule has 0 aliphatic carbocycles. The summed E-state index contributed by atoms with van der Waals surface area (Å²) >= 11 is 9.19. The Morgan fingerprint density at radius 3 is 2.75 bits per heavy atom. The van der Waals surface area contributed by atoms with Crippen molar-refractivity contribution in [2.45, 2.75) is 0 Å². The van der Waals surface area contributed by atoms with Gasteiger partial charge in [-0.1, -0.05) is 11.6 Å². The normalized spacial score (nSPS) is 14.1. The first-order chi connectivity index (χ1) is 7.38. The number of phosphoric ester groups is 1. The fraction of sp³-hybridized carbons (Fsp3) is 0. The van der Waals surface area contributed by atoms with Gasteiger partial charge in [-0.25, -0.2) is 4.57 Å². The number of phosphoric acid groups is 1. The predicted molar refractivity (Wildman–Crippen MR) is 62.1 cm³/mol. The number of rotatable bonds is 2. The Morgan fingerprint density at radius 1 is 1.44 bits per heavy atom. The molecule has 16 heavy (non-hydrogen) atoms. The lowest BCUT2D eigenvalue weighted by atomic mass is 10.2. The minimum absolute atomic E-state index is 0.0327. The lowest BCUT2D eigenvalue weighted by molar-refractivity contribution is 0.269. The highest BCUT2D eigenvalue weighted by Gasteiger charge is 2.27. The van der Waals surface area contributed by atoms with Crippen LogP contribution in [0.2, 0.25) is 5.02 Å². The van der Waals surface area contributed by atoms with Crippen molar-refractivity contribution in [2.75, 3.05) is 0 Å². The molecule has 0 saturated heterocycles. The van der Waals surface area contributed by atoms with Crippen LogP contribution >= 0.6 is 35.4 Å².